The number of nitrogens with one attached hydrogen (secondary N) is 2. The van der Waals surface area contributed by atoms with Gasteiger partial charge in [0.2, 0.25) is 10.0 Å². The number of hydrogen-bond acceptors (Lipinski definition) is 3. The molecule has 1 heterocycles. The number of benzene rings is 1. The number of halogens is 1. The molecule has 0 saturated heterocycles. The van der Waals surface area contributed by atoms with Crippen molar-refractivity contribution in [1.82, 2.24) is 10.2 Å². The number of aromatic nitrogens is 2. The van der Waals surface area contributed by atoms with Crippen molar-refractivity contribution in [3.8, 4) is 0 Å². The second kappa shape index (κ2) is 3.09. The van der Waals surface area contributed by atoms with Crippen LogP contribution in [0.25, 0.3) is 10.9 Å². The molecule has 1 aromatic carbocycles. The van der Waals surface area contributed by atoms with Gasteiger partial charge in [0.15, 0.2) is 0 Å². The Bertz CT molecular complexity index is 685. The molecule has 6 nitrogen and oxygen atoms in total. The van der Waals surface area contributed by atoms with Crippen LogP contribution in [0, 0.1) is 0 Å². The van der Waals surface area contributed by atoms with Crippen molar-refractivity contribution in [1.29, 1.82) is 0 Å². The number of H-pyrrole nitrogens is 2. The van der Waals surface area contributed by atoms with Crippen LogP contribution in [0.4, 0.5) is 0 Å². The highest BCUT2D eigenvalue weighted by molar-refractivity contribution is 7.89. The number of sulfonamides is 1. The molecular weight excluding hydrogens is 242 g/mol. The molecule has 0 radical (unpaired) electrons. The molecule has 15 heavy (non-hydrogen) atoms. The van der Waals surface area contributed by atoms with E-state index in [1.165, 1.54) is 6.07 Å². The van der Waals surface area contributed by atoms with E-state index < -0.39 is 15.6 Å². The number of aromatic amines is 2. The monoisotopic (exact) mass is 247 g/mol. The van der Waals surface area contributed by atoms with Crippen LogP contribution in [0.2, 0.25) is 5.02 Å². The lowest BCUT2D eigenvalue weighted by atomic mass is 10.2. The summed E-state index contributed by atoms with van der Waals surface area (Å²) in [7, 11) is -3.92. The lowest BCUT2D eigenvalue weighted by Gasteiger charge is -2.00. The van der Waals surface area contributed by atoms with Crippen molar-refractivity contribution >= 4 is 32.5 Å². The summed E-state index contributed by atoms with van der Waals surface area (Å²) in [6, 6.07) is 2.47. The van der Waals surface area contributed by atoms with E-state index in [9.17, 15) is 13.2 Å². The molecule has 2 rings (SSSR count). The first-order valence-electron chi connectivity index (χ1n) is 3.82. The van der Waals surface area contributed by atoms with Gasteiger partial charge in [-0.05, 0) is 12.1 Å². The molecule has 1 aromatic heterocycles. The Morgan fingerprint density at radius 2 is 1.93 bits per heavy atom. The van der Waals surface area contributed by atoms with E-state index >= 15 is 0 Å². The first-order valence-corrected chi connectivity index (χ1v) is 5.75. The van der Waals surface area contributed by atoms with Crippen LogP contribution in [-0.2, 0) is 10.0 Å². The lowest BCUT2D eigenvalue weighted by Crippen LogP contribution is -2.13. The molecule has 0 atom stereocenters. The van der Waals surface area contributed by atoms with Gasteiger partial charge in [-0.15, -0.1) is 0 Å². The van der Waals surface area contributed by atoms with E-state index in [2.05, 4.69) is 10.2 Å². The van der Waals surface area contributed by atoms with Crippen LogP contribution in [0.15, 0.2) is 21.8 Å². The normalized spacial score (nSPS) is 12.1. The molecule has 0 bridgehead atoms. The summed E-state index contributed by atoms with van der Waals surface area (Å²) < 4.78 is 22.2. The van der Waals surface area contributed by atoms with E-state index in [-0.39, 0.29) is 15.3 Å². The highest BCUT2D eigenvalue weighted by atomic mass is 35.5. The fourth-order valence-corrected chi connectivity index (χ4v) is 2.35. The quantitative estimate of drug-likeness (QED) is 0.668. The Hall–Kier alpha value is -1.31. The van der Waals surface area contributed by atoms with Crippen LogP contribution in [0.3, 0.4) is 0 Å². The summed E-state index contributed by atoms with van der Waals surface area (Å²) >= 11 is 5.70. The largest absolute Gasteiger partial charge is 0.297 e. The zero-order valence-electron chi connectivity index (χ0n) is 7.24. The Morgan fingerprint density at radius 3 is 2.53 bits per heavy atom. The molecule has 0 aliphatic rings. The van der Waals surface area contributed by atoms with Gasteiger partial charge in [-0.1, -0.05) is 11.6 Å². The first-order chi connectivity index (χ1) is 6.89. The van der Waals surface area contributed by atoms with E-state index in [0.29, 0.717) is 5.52 Å². The van der Waals surface area contributed by atoms with Crippen molar-refractivity contribution in [2.24, 2.45) is 5.14 Å². The van der Waals surface area contributed by atoms with Crippen LogP contribution >= 0.6 is 11.6 Å². The van der Waals surface area contributed by atoms with Gasteiger partial charge in [-0.25, -0.2) is 13.6 Å². The minimum Gasteiger partial charge on any atom is -0.297 e. The van der Waals surface area contributed by atoms with Crippen molar-refractivity contribution in [2.45, 2.75) is 4.90 Å². The predicted molar refractivity (Wildman–Crippen MR) is 55.3 cm³/mol. The summed E-state index contributed by atoms with van der Waals surface area (Å²) in [5.41, 5.74) is 0.00367. The number of hydrogen-bond donors (Lipinski definition) is 3. The fraction of sp³-hybridized carbons (Fsp3) is 0. The molecule has 0 unspecified atom stereocenters. The van der Waals surface area contributed by atoms with Crippen LogP contribution < -0.4 is 10.7 Å². The van der Waals surface area contributed by atoms with Crippen LogP contribution in [-0.4, -0.2) is 18.6 Å². The Morgan fingerprint density at radius 1 is 1.27 bits per heavy atom. The first kappa shape index (κ1) is 10.2. The zero-order chi connectivity index (χ0) is 11.2. The van der Waals surface area contributed by atoms with Gasteiger partial charge in [0.1, 0.15) is 4.90 Å². The molecule has 2 aromatic rings. The summed E-state index contributed by atoms with van der Waals surface area (Å²) in [6.45, 7) is 0. The Kier molecular flexibility index (Phi) is 2.10. The van der Waals surface area contributed by atoms with Gasteiger partial charge in [0.05, 0.1) is 15.9 Å². The third kappa shape index (κ3) is 1.65. The van der Waals surface area contributed by atoms with Gasteiger partial charge in [0.25, 0.3) is 5.56 Å². The fourth-order valence-electron chi connectivity index (χ4n) is 1.25. The second-order valence-corrected chi connectivity index (χ2v) is 4.89. The van der Waals surface area contributed by atoms with Crippen LogP contribution in [0.5, 0.6) is 0 Å². The van der Waals surface area contributed by atoms with Crippen molar-refractivity contribution in [2.75, 3.05) is 0 Å². The molecule has 0 aliphatic heterocycles. The highest BCUT2D eigenvalue weighted by Crippen LogP contribution is 2.23. The molecule has 0 fully saturated rings. The number of nitrogens with two attached hydrogens (primary N) is 1. The number of primary sulfonamides is 1. The minimum absolute atomic E-state index is 0.0275. The second-order valence-electron chi connectivity index (χ2n) is 2.95. The molecule has 0 aliphatic carbocycles. The van der Waals surface area contributed by atoms with Gasteiger partial charge < -0.3 is 0 Å². The maximum absolute atomic E-state index is 11.2. The smallest absolute Gasteiger partial charge is 0.271 e. The summed E-state index contributed by atoms with van der Waals surface area (Å²) in [4.78, 5) is 10.9. The van der Waals surface area contributed by atoms with E-state index in [0.717, 1.165) is 6.07 Å². The average Bonchev–Trinajstić information content (AvgIpc) is 2.44. The SMILES string of the molecule is NS(=O)(=O)c1cc2c(=O)[nH][nH]c2cc1Cl. The van der Waals surface area contributed by atoms with E-state index in [4.69, 9.17) is 16.7 Å². The van der Waals surface area contributed by atoms with Crippen LogP contribution in [0.1, 0.15) is 0 Å². The lowest BCUT2D eigenvalue weighted by molar-refractivity contribution is 0.598. The van der Waals surface area contributed by atoms with Gasteiger partial charge in [-0.3, -0.25) is 15.0 Å². The summed E-state index contributed by atoms with van der Waals surface area (Å²) in [5, 5.41) is 9.96. The Balaban J connectivity index is 2.94. The van der Waals surface area contributed by atoms with Gasteiger partial charge >= 0.3 is 0 Å². The van der Waals surface area contributed by atoms with Crippen molar-refractivity contribution in [3.05, 3.63) is 27.5 Å². The minimum atomic E-state index is -3.92. The molecule has 0 amide bonds. The van der Waals surface area contributed by atoms with E-state index in [1.54, 1.807) is 0 Å². The van der Waals surface area contributed by atoms with Gasteiger partial charge in [-0.2, -0.15) is 0 Å². The average molecular weight is 248 g/mol. The summed E-state index contributed by atoms with van der Waals surface area (Å²) in [5.74, 6) is 0. The third-order valence-electron chi connectivity index (χ3n) is 1.93. The number of fused-ring (bicyclic) bond motifs is 1. The molecule has 0 spiro atoms. The maximum atomic E-state index is 11.2. The van der Waals surface area contributed by atoms with Crippen molar-refractivity contribution in [3.63, 3.8) is 0 Å². The highest BCUT2D eigenvalue weighted by Gasteiger charge is 2.15. The predicted octanol–water partition coefficient (Wildman–Crippen LogP) is 0.157. The molecule has 4 N–H and O–H groups in total. The third-order valence-corrected chi connectivity index (χ3v) is 3.31. The van der Waals surface area contributed by atoms with E-state index in [1.807, 2.05) is 0 Å². The molecule has 0 saturated carbocycles. The summed E-state index contributed by atoms with van der Waals surface area (Å²) in [6.07, 6.45) is 0. The molecule has 8 heteroatoms. The standard InChI is InChI=1S/C7H6ClN3O3S/c8-4-2-5-3(7(12)11-10-5)1-6(4)15(9,13)14/h1-2H,(H2,9,13,14)(H2,10,11,12). The maximum Gasteiger partial charge on any atom is 0.271 e. The zero-order valence-corrected chi connectivity index (χ0v) is 8.82. The van der Waals surface area contributed by atoms with Gasteiger partial charge in [0, 0.05) is 0 Å². The van der Waals surface area contributed by atoms with Crippen molar-refractivity contribution < 1.29 is 8.42 Å². The topological polar surface area (TPSA) is 109 Å². The Labute approximate surface area is 89.1 Å². The molecular formula is C7H6ClN3O3S. The molecule has 80 valence electrons. The number of rotatable bonds is 1.